The molecule has 6 nitrogen and oxygen atoms in total. The first-order chi connectivity index (χ1) is 17.9. The van der Waals surface area contributed by atoms with E-state index in [1.807, 2.05) is 56.3 Å². The number of ether oxygens (including phenoxy) is 2. The number of nitrogens with zero attached hydrogens (tertiary/aromatic N) is 1. The molecule has 0 fully saturated rings. The fourth-order valence-electron chi connectivity index (χ4n) is 5.31. The molecular weight excluding hydrogens is 466 g/mol. The molecule has 5 rings (SSSR count). The van der Waals surface area contributed by atoms with E-state index in [1.54, 1.807) is 19.1 Å². The molecule has 1 atom stereocenters. The Labute approximate surface area is 216 Å². The summed E-state index contributed by atoms with van der Waals surface area (Å²) in [6.07, 6.45) is 1.49. The summed E-state index contributed by atoms with van der Waals surface area (Å²) in [5.74, 6) is 1.16. The van der Waals surface area contributed by atoms with Gasteiger partial charge in [0, 0.05) is 6.54 Å². The van der Waals surface area contributed by atoms with Crippen LogP contribution in [0.5, 0.6) is 11.5 Å². The highest BCUT2D eigenvalue weighted by molar-refractivity contribution is 5.99. The highest BCUT2D eigenvalue weighted by atomic mass is 16.5. The molecule has 190 valence electrons. The Bertz CT molecular complexity index is 1550. The number of carbonyl (C=O) groups excluding carboxylic acids is 1. The van der Waals surface area contributed by atoms with Crippen LogP contribution in [0.25, 0.3) is 11.0 Å². The molecule has 4 aromatic rings. The number of hydrogen-bond donors (Lipinski definition) is 0. The van der Waals surface area contributed by atoms with E-state index in [9.17, 15) is 9.59 Å². The van der Waals surface area contributed by atoms with E-state index >= 15 is 0 Å². The predicted octanol–water partition coefficient (Wildman–Crippen LogP) is 5.78. The summed E-state index contributed by atoms with van der Waals surface area (Å²) in [5, 5.41) is 0.536. The zero-order valence-electron chi connectivity index (χ0n) is 21.9. The highest BCUT2D eigenvalue weighted by Crippen LogP contribution is 2.39. The van der Waals surface area contributed by atoms with Gasteiger partial charge in [0.05, 0.1) is 31.2 Å². The average molecular weight is 498 g/mol. The summed E-state index contributed by atoms with van der Waals surface area (Å²) >= 11 is 0. The first-order valence-corrected chi connectivity index (χ1v) is 12.5. The topological polar surface area (TPSA) is 69.0 Å². The average Bonchev–Trinajstić information content (AvgIpc) is 3.18. The van der Waals surface area contributed by atoms with Gasteiger partial charge < -0.3 is 18.8 Å². The van der Waals surface area contributed by atoms with Gasteiger partial charge in [-0.25, -0.2) is 0 Å². The number of benzene rings is 3. The number of rotatable bonds is 7. The van der Waals surface area contributed by atoms with Crippen molar-refractivity contribution >= 4 is 16.9 Å². The number of aryl methyl sites for hydroxylation is 3. The van der Waals surface area contributed by atoms with Crippen molar-refractivity contribution in [1.29, 1.82) is 0 Å². The number of carbonyl (C=O) groups is 1. The monoisotopic (exact) mass is 497 g/mol. The van der Waals surface area contributed by atoms with Gasteiger partial charge in [-0.05, 0) is 72.7 Å². The van der Waals surface area contributed by atoms with Crippen molar-refractivity contribution in [2.75, 3.05) is 20.8 Å². The smallest absolute Gasteiger partial charge is 0.290 e. The molecule has 1 amide bonds. The van der Waals surface area contributed by atoms with Crippen LogP contribution in [0.1, 0.15) is 56.9 Å². The van der Waals surface area contributed by atoms with Crippen LogP contribution in [0.4, 0.5) is 0 Å². The molecule has 0 aliphatic carbocycles. The summed E-state index contributed by atoms with van der Waals surface area (Å²) in [7, 11) is 3.20. The van der Waals surface area contributed by atoms with Gasteiger partial charge in [0.2, 0.25) is 5.76 Å². The van der Waals surface area contributed by atoms with Crippen molar-refractivity contribution in [2.45, 2.75) is 39.7 Å². The lowest BCUT2D eigenvalue weighted by Crippen LogP contribution is -2.31. The maximum absolute atomic E-state index is 13.9. The van der Waals surface area contributed by atoms with Gasteiger partial charge in [0.1, 0.15) is 5.58 Å². The number of hydrogen-bond acceptors (Lipinski definition) is 5. The molecule has 0 N–H and O–H groups in total. The van der Waals surface area contributed by atoms with E-state index in [0.717, 1.165) is 28.7 Å². The Morgan fingerprint density at radius 1 is 0.892 bits per heavy atom. The zero-order valence-corrected chi connectivity index (χ0v) is 21.9. The van der Waals surface area contributed by atoms with E-state index in [0.29, 0.717) is 41.0 Å². The van der Waals surface area contributed by atoms with Crippen LogP contribution in [-0.2, 0) is 12.8 Å². The van der Waals surface area contributed by atoms with Crippen LogP contribution < -0.4 is 14.9 Å². The standard InChI is InChI=1S/C31H31NO5/c1-6-20-7-10-22(11-8-20)28-27-29(33)26-19(3)15-18(2)16-25(26)37-30(27)31(34)32(28)14-13-21-9-12-23(35-4)24(17-21)36-5/h7-12,15-17,28H,6,13-14H2,1-5H3. The molecule has 2 heterocycles. The first kappa shape index (κ1) is 24.6. The van der Waals surface area contributed by atoms with Gasteiger partial charge in [0.15, 0.2) is 16.9 Å². The Kier molecular flexibility index (Phi) is 6.50. The lowest BCUT2D eigenvalue weighted by atomic mass is 9.95. The maximum Gasteiger partial charge on any atom is 0.290 e. The van der Waals surface area contributed by atoms with Gasteiger partial charge in [-0.15, -0.1) is 0 Å². The molecule has 0 radical (unpaired) electrons. The van der Waals surface area contributed by atoms with Crippen LogP contribution in [0.15, 0.2) is 63.8 Å². The SMILES string of the molecule is CCc1ccc(C2c3c(oc4cc(C)cc(C)c4c3=O)C(=O)N2CCc2ccc(OC)c(OC)c2)cc1. The Morgan fingerprint density at radius 3 is 2.27 bits per heavy atom. The normalized spacial score (nSPS) is 14.8. The van der Waals surface area contributed by atoms with Crippen LogP contribution in [0.3, 0.4) is 0 Å². The Hall–Kier alpha value is -4.06. The molecule has 6 heteroatoms. The minimum atomic E-state index is -0.519. The molecule has 1 aliphatic heterocycles. The molecule has 0 saturated heterocycles. The van der Waals surface area contributed by atoms with Gasteiger partial charge >= 0.3 is 0 Å². The van der Waals surface area contributed by atoms with E-state index in [2.05, 4.69) is 19.1 Å². The second-order valence-electron chi connectivity index (χ2n) is 9.56. The summed E-state index contributed by atoms with van der Waals surface area (Å²) in [6.45, 7) is 6.38. The Balaban J connectivity index is 1.61. The third-order valence-corrected chi connectivity index (χ3v) is 7.21. The van der Waals surface area contributed by atoms with E-state index in [1.165, 1.54) is 5.56 Å². The lowest BCUT2D eigenvalue weighted by molar-refractivity contribution is 0.0730. The minimum Gasteiger partial charge on any atom is -0.493 e. The van der Waals surface area contributed by atoms with E-state index in [-0.39, 0.29) is 17.1 Å². The first-order valence-electron chi connectivity index (χ1n) is 12.5. The maximum atomic E-state index is 13.9. The third kappa shape index (κ3) is 4.26. The fourth-order valence-corrected chi connectivity index (χ4v) is 5.31. The molecule has 0 bridgehead atoms. The molecular formula is C31H31NO5. The van der Waals surface area contributed by atoms with Crippen molar-refractivity contribution in [1.82, 2.24) is 4.90 Å². The number of methoxy groups -OCH3 is 2. The van der Waals surface area contributed by atoms with Gasteiger partial charge in [-0.2, -0.15) is 0 Å². The predicted molar refractivity (Wildman–Crippen MR) is 144 cm³/mol. The molecule has 1 unspecified atom stereocenters. The van der Waals surface area contributed by atoms with Crippen LogP contribution in [0, 0.1) is 13.8 Å². The molecule has 1 aromatic heterocycles. The van der Waals surface area contributed by atoms with Gasteiger partial charge in [0.25, 0.3) is 5.91 Å². The highest BCUT2D eigenvalue weighted by Gasteiger charge is 2.42. The van der Waals surface area contributed by atoms with E-state index < -0.39 is 6.04 Å². The van der Waals surface area contributed by atoms with Crippen molar-refractivity contribution in [3.63, 3.8) is 0 Å². The molecule has 37 heavy (non-hydrogen) atoms. The summed E-state index contributed by atoms with van der Waals surface area (Å²) in [5.41, 5.74) is 5.66. The molecule has 0 spiro atoms. The molecule has 0 saturated carbocycles. The van der Waals surface area contributed by atoms with Crippen molar-refractivity contribution in [2.24, 2.45) is 0 Å². The number of fused-ring (bicyclic) bond motifs is 2. The second kappa shape index (κ2) is 9.77. The van der Waals surface area contributed by atoms with Crippen molar-refractivity contribution < 1.29 is 18.7 Å². The second-order valence-corrected chi connectivity index (χ2v) is 9.56. The lowest BCUT2D eigenvalue weighted by Gasteiger charge is -2.25. The quantitative estimate of drug-likeness (QED) is 0.324. The fraction of sp³-hybridized carbons (Fsp3) is 0.290. The summed E-state index contributed by atoms with van der Waals surface area (Å²) in [4.78, 5) is 29.4. The van der Waals surface area contributed by atoms with Crippen LogP contribution in [-0.4, -0.2) is 31.6 Å². The molecule has 1 aliphatic rings. The zero-order chi connectivity index (χ0) is 26.3. The van der Waals surface area contributed by atoms with Gasteiger partial charge in [-0.1, -0.05) is 43.3 Å². The van der Waals surface area contributed by atoms with Crippen LogP contribution in [0.2, 0.25) is 0 Å². The number of amides is 1. The summed E-state index contributed by atoms with van der Waals surface area (Å²) < 4.78 is 17.0. The largest absolute Gasteiger partial charge is 0.493 e. The minimum absolute atomic E-state index is 0.138. The van der Waals surface area contributed by atoms with E-state index in [4.69, 9.17) is 13.9 Å². The third-order valence-electron chi connectivity index (χ3n) is 7.21. The Morgan fingerprint density at radius 2 is 1.59 bits per heavy atom. The summed E-state index contributed by atoms with van der Waals surface area (Å²) in [6, 6.07) is 17.2. The molecule has 3 aromatic carbocycles. The van der Waals surface area contributed by atoms with Gasteiger partial charge in [-0.3, -0.25) is 9.59 Å². The van der Waals surface area contributed by atoms with Crippen LogP contribution >= 0.6 is 0 Å². The van der Waals surface area contributed by atoms with Crippen molar-refractivity contribution in [3.05, 3.63) is 104 Å². The van der Waals surface area contributed by atoms with Crippen molar-refractivity contribution in [3.8, 4) is 11.5 Å².